The monoisotopic (exact) mass is 633 g/mol. The van der Waals surface area contributed by atoms with Gasteiger partial charge in [-0.2, -0.15) is 0 Å². The molecule has 11 nitrogen and oxygen atoms in total. The molecule has 15 heteroatoms. The predicted octanol–water partition coefficient (Wildman–Crippen LogP) is 5.16. The number of hydrogen-bond donors (Lipinski definition) is 2. The SMILES string of the molecule is CCOP(=O)(CN1CCN(c2cc(Nc3ncc(C(=O)Nc4c(C)cccc4Cl)s3)nc(C)n2)CC1)OCC.[Ca+2]. The van der Waals surface area contributed by atoms with Gasteiger partial charge in [0.15, 0.2) is 5.13 Å². The summed E-state index contributed by atoms with van der Waals surface area (Å²) in [5.41, 5.74) is 1.46. The first kappa shape index (κ1) is 33.2. The molecule has 0 saturated carbocycles. The second-order valence-electron chi connectivity index (χ2n) is 8.89. The maximum atomic E-state index is 12.9. The maximum absolute atomic E-state index is 12.9. The zero-order chi connectivity index (χ0) is 28.0. The fourth-order valence-electron chi connectivity index (χ4n) is 4.17. The Labute approximate surface area is 273 Å². The van der Waals surface area contributed by atoms with Crippen LogP contribution in [0.1, 0.15) is 34.9 Å². The number of nitrogens with one attached hydrogen (secondary N) is 2. The number of carbonyl (C=O) groups excluding carboxylic acids is 1. The van der Waals surface area contributed by atoms with Crippen LogP contribution in [-0.2, 0) is 13.6 Å². The first-order valence-corrected chi connectivity index (χ1v) is 15.6. The van der Waals surface area contributed by atoms with Crippen molar-refractivity contribution in [1.82, 2.24) is 19.9 Å². The van der Waals surface area contributed by atoms with E-state index in [9.17, 15) is 9.36 Å². The van der Waals surface area contributed by atoms with Crippen LogP contribution in [-0.4, -0.2) is 109 Å². The van der Waals surface area contributed by atoms with Gasteiger partial charge >= 0.3 is 45.3 Å². The van der Waals surface area contributed by atoms with E-state index in [0.29, 0.717) is 71.8 Å². The van der Waals surface area contributed by atoms with E-state index in [4.69, 9.17) is 20.6 Å². The number of aromatic nitrogens is 3. The molecule has 0 unspecified atom stereocenters. The standard InChI is InChI=1S/C25H33ClN7O4PS.Ca/c1-5-36-38(35,37-6-2)16-32-10-12-33(13-11-32)22-14-21(28-18(4)29-22)30-25-27-15-20(39-25)24(34)31-23-17(3)8-7-9-19(23)26;/h7-9,14-15H,5-6,10-13,16H2,1-4H3,(H,31,34)(H,27,28,29,30);/q;+2. The molecule has 2 N–H and O–H groups in total. The van der Waals surface area contributed by atoms with Gasteiger partial charge in [-0.25, -0.2) is 15.0 Å². The van der Waals surface area contributed by atoms with E-state index in [2.05, 4.69) is 35.4 Å². The quantitative estimate of drug-likeness (QED) is 0.216. The third-order valence-electron chi connectivity index (χ3n) is 5.97. The molecule has 3 aromatic rings. The molecule has 40 heavy (non-hydrogen) atoms. The van der Waals surface area contributed by atoms with Gasteiger partial charge in [-0.05, 0) is 39.3 Å². The van der Waals surface area contributed by atoms with Crippen molar-refractivity contribution in [2.75, 3.05) is 61.2 Å². The third-order valence-corrected chi connectivity index (χ3v) is 9.25. The van der Waals surface area contributed by atoms with Crippen molar-refractivity contribution in [3.05, 3.63) is 51.7 Å². The largest absolute Gasteiger partial charge is 2.00 e. The average molecular weight is 634 g/mol. The summed E-state index contributed by atoms with van der Waals surface area (Å²) in [6.07, 6.45) is 1.79. The first-order valence-electron chi connectivity index (χ1n) is 12.7. The fraction of sp³-hybridized carbons (Fsp3) is 0.440. The van der Waals surface area contributed by atoms with Gasteiger partial charge in [-0.3, -0.25) is 14.3 Å². The van der Waals surface area contributed by atoms with Crippen LogP contribution in [0.5, 0.6) is 0 Å². The van der Waals surface area contributed by atoms with Gasteiger partial charge in [-0.15, -0.1) is 0 Å². The number of amides is 1. The van der Waals surface area contributed by atoms with E-state index in [0.717, 1.165) is 11.4 Å². The minimum Gasteiger partial charge on any atom is -0.354 e. The molecule has 1 aromatic carbocycles. The van der Waals surface area contributed by atoms with Crippen molar-refractivity contribution in [1.29, 1.82) is 0 Å². The zero-order valence-electron chi connectivity index (χ0n) is 23.1. The Morgan fingerprint density at radius 1 is 1.12 bits per heavy atom. The summed E-state index contributed by atoms with van der Waals surface area (Å²) in [4.78, 5) is 30.9. The molecule has 0 bridgehead atoms. The average Bonchev–Trinajstić information content (AvgIpc) is 3.35. The number of piperazine rings is 1. The summed E-state index contributed by atoms with van der Waals surface area (Å²) in [6, 6.07) is 7.32. The summed E-state index contributed by atoms with van der Waals surface area (Å²) in [5.74, 6) is 1.69. The molecule has 1 aliphatic heterocycles. The topological polar surface area (TPSA) is 122 Å². The normalized spacial score (nSPS) is 14.1. The minimum atomic E-state index is -3.13. The Morgan fingerprint density at radius 2 is 1.82 bits per heavy atom. The second kappa shape index (κ2) is 15.2. The van der Waals surface area contributed by atoms with Gasteiger partial charge in [0.1, 0.15) is 28.6 Å². The number of benzene rings is 1. The van der Waals surface area contributed by atoms with Crippen LogP contribution >= 0.6 is 30.5 Å². The molecular formula is C25H33CaClN7O4PS+2. The van der Waals surface area contributed by atoms with Crippen LogP contribution in [0.4, 0.5) is 22.5 Å². The van der Waals surface area contributed by atoms with Gasteiger partial charge < -0.3 is 24.6 Å². The van der Waals surface area contributed by atoms with Crippen molar-refractivity contribution in [2.24, 2.45) is 0 Å². The van der Waals surface area contributed by atoms with Crippen molar-refractivity contribution in [3.8, 4) is 0 Å². The van der Waals surface area contributed by atoms with Crippen molar-refractivity contribution < 1.29 is 18.4 Å². The smallest absolute Gasteiger partial charge is 0.354 e. The molecule has 3 heterocycles. The molecule has 0 aliphatic carbocycles. The molecule has 1 amide bonds. The molecule has 1 fully saturated rings. The summed E-state index contributed by atoms with van der Waals surface area (Å²) in [6.45, 7) is 10.9. The van der Waals surface area contributed by atoms with Crippen LogP contribution in [0.25, 0.3) is 0 Å². The molecule has 2 aromatic heterocycles. The Balaban J connectivity index is 0.00000441. The van der Waals surface area contributed by atoms with E-state index < -0.39 is 7.60 Å². The Kier molecular flexibility index (Phi) is 12.6. The molecule has 0 atom stereocenters. The summed E-state index contributed by atoms with van der Waals surface area (Å²) >= 11 is 7.46. The van der Waals surface area contributed by atoms with E-state index in [1.807, 2.05) is 45.9 Å². The number of hydrogen-bond acceptors (Lipinski definition) is 11. The van der Waals surface area contributed by atoms with Crippen LogP contribution in [0.15, 0.2) is 30.5 Å². The van der Waals surface area contributed by atoms with Gasteiger partial charge in [0.2, 0.25) is 0 Å². The second-order valence-corrected chi connectivity index (χ2v) is 12.4. The number of nitrogens with zero attached hydrogens (tertiary/aromatic N) is 5. The number of para-hydroxylation sites is 1. The van der Waals surface area contributed by atoms with E-state index in [-0.39, 0.29) is 49.9 Å². The number of rotatable bonds is 11. The van der Waals surface area contributed by atoms with Crippen molar-refractivity contribution in [3.63, 3.8) is 0 Å². The Morgan fingerprint density at radius 3 is 2.48 bits per heavy atom. The van der Waals surface area contributed by atoms with Gasteiger partial charge in [0, 0.05) is 32.2 Å². The van der Waals surface area contributed by atoms with Crippen LogP contribution in [0.2, 0.25) is 5.02 Å². The molecule has 0 radical (unpaired) electrons. The van der Waals surface area contributed by atoms with Crippen molar-refractivity contribution >= 4 is 96.6 Å². The predicted molar refractivity (Wildman–Crippen MR) is 162 cm³/mol. The molecule has 1 saturated heterocycles. The Hall–Kier alpha value is -1.34. The van der Waals surface area contributed by atoms with Crippen LogP contribution in [0.3, 0.4) is 0 Å². The summed E-state index contributed by atoms with van der Waals surface area (Å²) < 4.78 is 23.8. The molecule has 1 aliphatic rings. The minimum absolute atomic E-state index is 0. The van der Waals surface area contributed by atoms with Gasteiger partial charge in [0.25, 0.3) is 5.91 Å². The maximum Gasteiger partial charge on any atom is 2.00 e. The van der Waals surface area contributed by atoms with Crippen LogP contribution < -0.4 is 15.5 Å². The van der Waals surface area contributed by atoms with Gasteiger partial charge in [0.05, 0.1) is 30.1 Å². The zero-order valence-corrected chi connectivity index (χ0v) is 27.8. The molecule has 210 valence electrons. The summed E-state index contributed by atoms with van der Waals surface area (Å²) in [7, 11) is -3.13. The number of anilines is 4. The molecule has 4 rings (SSSR count). The van der Waals surface area contributed by atoms with E-state index in [1.165, 1.54) is 17.5 Å². The fourth-order valence-corrected chi connectivity index (χ4v) is 6.95. The summed E-state index contributed by atoms with van der Waals surface area (Å²) in [5, 5.41) is 7.08. The number of halogens is 1. The van der Waals surface area contributed by atoms with Crippen LogP contribution in [0, 0.1) is 13.8 Å². The number of carbonyl (C=O) groups is 1. The van der Waals surface area contributed by atoms with E-state index >= 15 is 0 Å². The number of thiazole rings is 1. The Bertz CT molecular complexity index is 1330. The molecule has 0 spiro atoms. The molecular weight excluding hydrogens is 601 g/mol. The first-order chi connectivity index (χ1) is 18.7. The van der Waals surface area contributed by atoms with E-state index in [1.54, 1.807) is 6.07 Å². The van der Waals surface area contributed by atoms with Crippen molar-refractivity contribution in [2.45, 2.75) is 27.7 Å². The third kappa shape index (κ3) is 8.83. The van der Waals surface area contributed by atoms with Gasteiger partial charge in [-0.1, -0.05) is 35.1 Å². The number of aryl methyl sites for hydroxylation is 2.